The number of anilines is 2. The van der Waals surface area contributed by atoms with Gasteiger partial charge >= 0.3 is 0 Å². The molecule has 5 heterocycles. The van der Waals surface area contributed by atoms with Gasteiger partial charge in [0.15, 0.2) is 0 Å². The van der Waals surface area contributed by atoms with E-state index < -0.39 is 0 Å². The Bertz CT molecular complexity index is 1290. The Labute approximate surface area is 209 Å². The molecule has 36 heavy (non-hydrogen) atoms. The number of nitrogens with zero attached hydrogens (tertiary/aromatic N) is 6. The lowest BCUT2D eigenvalue weighted by Crippen LogP contribution is -2.53. The number of nitrogens with one attached hydrogen (secondary N) is 2. The molecule has 1 aliphatic carbocycles. The Morgan fingerprint density at radius 3 is 2.50 bits per heavy atom. The van der Waals surface area contributed by atoms with E-state index in [9.17, 15) is 9.59 Å². The molecule has 0 radical (unpaired) electrons. The number of likely N-dealkylation sites (tertiary alicyclic amines) is 1. The van der Waals surface area contributed by atoms with Crippen LogP contribution in [-0.4, -0.2) is 68.5 Å². The summed E-state index contributed by atoms with van der Waals surface area (Å²) in [5.74, 6) is 6.91. The summed E-state index contributed by atoms with van der Waals surface area (Å²) in [6, 6.07) is 6.28. The number of piperazine rings is 1. The van der Waals surface area contributed by atoms with Crippen molar-refractivity contribution in [3.8, 4) is 0 Å². The summed E-state index contributed by atoms with van der Waals surface area (Å²) >= 11 is 0. The van der Waals surface area contributed by atoms with Crippen LogP contribution in [0.25, 0.3) is 11.0 Å². The number of fused-ring (bicyclic) bond motifs is 3. The first-order valence-electron chi connectivity index (χ1n) is 12.7. The molecule has 1 saturated carbocycles. The van der Waals surface area contributed by atoms with E-state index in [1.165, 1.54) is 5.01 Å². The molecule has 6 rings (SSSR count). The summed E-state index contributed by atoms with van der Waals surface area (Å²) in [5.41, 5.74) is 1.80. The number of rotatable bonds is 5. The van der Waals surface area contributed by atoms with Gasteiger partial charge in [0, 0.05) is 56.0 Å². The van der Waals surface area contributed by atoms with Crippen LogP contribution in [-0.2, 0) is 0 Å². The van der Waals surface area contributed by atoms with E-state index in [1.54, 1.807) is 31.6 Å². The smallest absolute Gasteiger partial charge is 0.267 e. The van der Waals surface area contributed by atoms with Gasteiger partial charge in [0.25, 0.3) is 11.8 Å². The van der Waals surface area contributed by atoms with Crippen molar-refractivity contribution in [1.29, 1.82) is 0 Å². The van der Waals surface area contributed by atoms with E-state index in [4.69, 9.17) is 10.8 Å². The maximum atomic E-state index is 13.0. The third kappa shape index (κ3) is 3.97. The zero-order valence-electron chi connectivity index (χ0n) is 20.4. The Kier molecular flexibility index (Phi) is 5.81. The van der Waals surface area contributed by atoms with Gasteiger partial charge in [-0.2, -0.15) is 4.98 Å². The Balaban J connectivity index is 1.26. The fourth-order valence-electron chi connectivity index (χ4n) is 5.85. The summed E-state index contributed by atoms with van der Waals surface area (Å²) in [6.45, 7) is 1.46. The maximum absolute atomic E-state index is 13.0. The molecular weight excluding hydrogens is 458 g/mol. The molecule has 11 heteroatoms. The van der Waals surface area contributed by atoms with Gasteiger partial charge in [-0.15, -0.1) is 0 Å². The third-order valence-corrected chi connectivity index (χ3v) is 7.67. The first-order valence-corrected chi connectivity index (χ1v) is 12.7. The van der Waals surface area contributed by atoms with E-state index in [-0.39, 0.29) is 23.8 Å². The number of nitrogens with two attached hydrogens (primary N) is 1. The predicted octanol–water partition coefficient (Wildman–Crippen LogP) is 1.89. The van der Waals surface area contributed by atoms with Crippen LogP contribution in [0.5, 0.6) is 0 Å². The average molecular weight is 490 g/mol. The second-order valence-corrected chi connectivity index (χ2v) is 9.99. The summed E-state index contributed by atoms with van der Waals surface area (Å²) in [4.78, 5) is 41.1. The monoisotopic (exact) mass is 489 g/mol. The van der Waals surface area contributed by atoms with Crippen molar-refractivity contribution in [2.24, 2.45) is 5.84 Å². The largest absolute Gasteiger partial charge is 0.354 e. The van der Waals surface area contributed by atoms with Gasteiger partial charge in [0.05, 0.1) is 5.56 Å². The summed E-state index contributed by atoms with van der Waals surface area (Å²) in [5, 5.41) is 8.37. The van der Waals surface area contributed by atoms with Crippen molar-refractivity contribution in [2.75, 3.05) is 25.1 Å². The van der Waals surface area contributed by atoms with Gasteiger partial charge in [-0.25, -0.2) is 20.8 Å². The van der Waals surface area contributed by atoms with Crippen molar-refractivity contribution in [3.05, 3.63) is 41.9 Å². The first kappa shape index (κ1) is 22.9. The third-order valence-electron chi connectivity index (χ3n) is 7.67. The minimum Gasteiger partial charge on any atom is -0.354 e. The number of carbonyl (C=O) groups is 2. The highest BCUT2D eigenvalue weighted by Gasteiger charge is 2.34. The number of hydrazine groups is 1. The van der Waals surface area contributed by atoms with E-state index >= 15 is 0 Å². The van der Waals surface area contributed by atoms with Crippen LogP contribution in [0.15, 0.2) is 30.6 Å². The highest BCUT2D eigenvalue weighted by Crippen LogP contribution is 2.35. The maximum Gasteiger partial charge on any atom is 0.267 e. The molecule has 188 valence electrons. The van der Waals surface area contributed by atoms with Gasteiger partial charge in [-0.3, -0.25) is 9.59 Å². The van der Waals surface area contributed by atoms with Crippen LogP contribution in [0, 0.1) is 0 Å². The van der Waals surface area contributed by atoms with Crippen LogP contribution in [0.4, 0.5) is 11.8 Å². The fourth-order valence-corrected chi connectivity index (χ4v) is 5.85. The Morgan fingerprint density at radius 1 is 1.08 bits per heavy atom. The number of aromatic nitrogens is 4. The SMILES string of the molecule is CNC(=O)c1cc2cnc(N(N)c3ccc(C(=O)N4CC5CCC(C4)N5)cn3)nc2n1C1CCCC1. The fraction of sp³-hybridized carbons (Fsp3) is 0.480. The zero-order valence-corrected chi connectivity index (χ0v) is 20.4. The predicted molar refractivity (Wildman–Crippen MR) is 135 cm³/mol. The summed E-state index contributed by atoms with van der Waals surface area (Å²) in [7, 11) is 1.63. The normalized spacial score (nSPS) is 21.8. The molecule has 2 amide bonds. The molecule has 2 atom stereocenters. The minimum absolute atomic E-state index is 0.00943. The second-order valence-electron chi connectivity index (χ2n) is 9.99. The molecule has 2 bridgehead atoms. The molecular formula is C25H31N9O2. The Morgan fingerprint density at radius 2 is 1.83 bits per heavy atom. The van der Waals surface area contributed by atoms with Crippen LogP contribution in [0.1, 0.15) is 65.4 Å². The minimum atomic E-state index is -0.148. The lowest BCUT2D eigenvalue weighted by Gasteiger charge is -2.32. The molecule has 0 spiro atoms. The van der Waals surface area contributed by atoms with E-state index in [2.05, 4.69) is 20.6 Å². The molecule has 3 aromatic heterocycles. The Hall–Kier alpha value is -3.57. The van der Waals surface area contributed by atoms with Crippen LogP contribution in [0.2, 0.25) is 0 Å². The van der Waals surface area contributed by atoms with Crippen LogP contribution < -0.4 is 21.5 Å². The molecule has 2 unspecified atom stereocenters. The number of pyridine rings is 1. The number of hydrogen-bond donors (Lipinski definition) is 3. The lowest BCUT2D eigenvalue weighted by atomic mass is 10.2. The van der Waals surface area contributed by atoms with Crippen molar-refractivity contribution in [1.82, 2.24) is 35.1 Å². The highest BCUT2D eigenvalue weighted by molar-refractivity contribution is 5.98. The average Bonchev–Trinajstić information content (AvgIpc) is 3.65. The molecule has 3 aliphatic rings. The molecule has 3 fully saturated rings. The number of carbonyl (C=O) groups excluding carboxylic acids is 2. The zero-order chi connectivity index (χ0) is 24.8. The highest BCUT2D eigenvalue weighted by atomic mass is 16.2. The lowest BCUT2D eigenvalue weighted by molar-refractivity contribution is 0.0697. The topological polar surface area (TPSA) is 134 Å². The van der Waals surface area contributed by atoms with Gasteiger partial charge in [-0.1, -0.05) is 12.8 Å². The molecule has 11 nitrogen and oxygen atoms in total. The quantitative estimate of drug-likeness (QED) is 0.365. The van der Waals surface area contributed by atoms with Crippen molar-refractivity contribution < 1.29 is 9.59 Å². The van der Waals surface area contributed by atoms with Gasteiger partial charge in [-0.05, 0) is 43.9 Å². The number of hydrogen-bond acceptors (Lipinski definition) is 8. The summed E-state index contributed by atoms with van der Waals surface area (Å²) in [6.07, 6.45) is 9.75. The van der Waals surface area contributed by atoms with Gasteiger partial charge in [0.1, 0.15) is 17.2 Å². The van der Waals surface area contributed by atoms with Crippen molar-refractivity contribution in [3.63, 3.8) is 0 Å². The van der Waals surface area contributed by atoms with Crippen LogP contribution >= 0.6 is 0 Å². The van der Waals surface area contributed by atoms with E-state index in [1.807, 2.05) is 15.5 Å². The molecule has 2 aliphatic heterocycles. The summed E-state index contributed by atoms with van der Waals surface area (Å²) < 4.78 is 2.02. The first-order chi connectivity index (χ1) is 17.5. The molecule has 4 N–H and O–H groups in total. The van der Waals surface area contributed by atoms with Gasteiger partial charge < -0.3 is 20.1 Å². The van der Waals surface area contributed by atoms with E-state index in [0.717, 1.165) is 57.0 Å². The second kappa shape index (κ2) is 9.14. The molecule has 3 aromatic rings. The van der Waals surface area contributed by atoms with Crippen molar-refractivity contribution in [2.45, 2.75) is 56.7 Å². The van der Waals surface area contributed by atoms with Gasteiger partial charge in [0.2, 0.25) is 5.95 Å². The van der Waals surface area contributed by atoms with Crippen molar-refractivity contribution >= 4 is 34.6 Å². The molecule has 2 saturated heterocycles. The van der Waals surface area contributed by atoms with E-state index in [0.29, 0.717) is 34.8 Å². The number of amides is 2. The molecule has 0 aromatic carbocycles. The standard InChI is InChI=1S/C25H31N9O2/c1-27-23(35)20-10-16-12-29-25(31-22(16)33(20)19-4-2-3-5-19)34(26)21-9-6-15(11-28-21)24(36)32-13-17-7-8-18(14-32)30-17/h6,9-12,17-19,30H,2-5,7-8,13-14,26H2,1H3,(H,27,35). The van der Waals surface area contributed by atoms with Crippen LogP contribution in [0.3, 0.4) is 0 Å².